The summed E-state index contributed by atoms with van der Waals surface area (Å²) >= 11 is 11.5. The molecule has 0 N–H and O–H groups in total. The molecule has 14 heavy (non-hydrogen) atoms. The molecule has 1 aromatic rings. The van der Waals surface area contributed by atoms with Crippen molar-refractivity contribution in [1.29, 1.82) is 0 Å². The van der Waals surface area contributed by atoms with Crippen molar-refractivity contribution in [2.45, 2.75) is 0 Å². The van der Waals surface area contributed by atoms with Crippen LogP contribution in [0, 0.1) is 0 Å². The number of ether oxygens (including phenoxy) is 1. The van der Waals surface area contributed by atoms with Crippen molar-refractivity contribution in [3.63, 3.8) is 0 Å². The number of carbonyl (C=O) groups is 1. The molecule has 1 aliphatic rings. The van der Waals surface area contributed by atoms with E-state index in [4.69, 9.17) is 27.9 Å². The average molecular weight is 229 g/mol. The third-order valence-corrected chi connectivity index (χ3v) is 2.62. The van der Waals surface area contributed by atoms with Crippen LogP contribution in [-0.2, 0) is 9.53 Å². The highest BCUT2D eigenvalue weighted by Gasteiger charge is 2.23. The van der Waals surface area contributed by atoms with Gasteiger partial charge in [0.2, 0.25) is 0 Å². The third kappa shape index (κ3) is 1.63. The van der Waals surface area contributed by atoms with Gasteiger partial charge in [0.15, 0.2) is 0 Å². The van der Waals surface area contributed by atoms with Crippen molar-refractivity contribution < 1.29 is 9.53 Å². The Morgan fingerprint density at radius 3 is 2.29 bits per heavy atom. The highest BCUT2D eigenvalue weighted by atomic mass is 35.5. The molecule has 0 aromatic heterocycles. The normalized spacial score (nSPS) is 16.0. The predicted molar refractivity (Wildman–Crippen MR) is 55.2 cm³/mol. The Kier molecular flexibility index (Phi) is 2.48. The number of rotatable bonds is 1. The lowest BCUT2D eigenvalue weighted by molar-refractivity contribution is -0.135. The monoisotopic (exact) mass is 228 g/mol. The molecule has 2 rings (SSSR count). The zero-order valence-corrected chi connectivity index (χ0v) is 8.60. The third-order valence-electron chi connectivity index (χ3n) is 1.98. The van der Waals surface area contributed by atoms with E-state index in [2.05, 4.69) is 0 Å². The van der Waals surface area contributed by atoms with Gasteiger partial charge in [0.05, 0.1) is 0 Å². The second kappa shape index (κ2) is 3.64. The van der Waals surface area contributed by atoms with E-state index in [0.717, 1.165) is 5.56 Å². The Morgan fingerprint density at radius 1 is 1.14 bits per heavy atom. The molecule has 0 aliphatic carbocycles. The fourth-order valence-corrected chi connectivity index (χ4v) is 1.59. The van der Waals surface area contributed by atoms with Gasteiger partial charge >= 0.3 is 5.97 Å². The molecule has 0 saturated carbocycles. The summed E-state index contributed by atoms with van der Waals surface area (Å²) in [6, 6.07) is 7.11. The summed E-state index contributed by atoms with van der Waals surface area (Å²) in [5.74, 6) is -0.461. The first-order valence-corrected chi connectivity index (χ1v) is 4.76. The van der Waals surface area contributed by atoms with E-state index >= 15 is 0 Å². The van der Waals surface area contributed by atoms with Gasteiger partial charge in [-0.2, -0.15) is 0 Å². The molecule has 4 heteroatoms. The molecule has 72 valence electrons. The Hall–Kier alpha value is -0.990. The van der Waals surface area contributed by atoms with Crippen molar-refractivity contribution in [1.82, 2.24) is 0 Å². The molecule has 0 atom stereocenters. The largest absolute Gasteiger partial charge is 0.456 e. The van der Waals surface area contributed by atoms with Crippen LogP contribution in [-0.4, -0.2) is 12.6 Å². The maximum absolute atomic E-state index is 11.0. The number of halogens is 2. The van der Waals surface area contributed by atoms with E-state index in [0.29, 0.717) is 10.6 Å². The van der Waals surface area contributed by atoms with Gasteiger partial charge in [-0.15, -0.1) is 0 Å². The highest BCUT2D eigenvalue weighted by Crippen LogP contribution is 2.28. The molecule has 0 saturated heterocycles. The molecule has 0 bridgehead atoms. The number of esters is 1. The highest BCUT2D eigenvalue weighted by molar-refractivity contribution is 6.45. The first-order chi connectivity index (χ1) is 6.68. The van der Waals surface area contributed by atoms with E-state index in [1.165, 1.54) is 0 Å². The van der Waals surface area contributed by atoms with Crippen molar-refractivity contribution in [3.05, 3.63) is 39.9 Å². The Bertz CT molecular complexity index is 407. The zero-order chi connectivity index (χ0) is 10.1. The number of carbonyl (C=O) groups excluding carboxylic acids is 1. The van der Waals surface area contributed by atoms with Gasteiger partial charge in [-0.3, -0.25) is 0 Å². The van der Waals surface area contributed by atoms with Crippen molar-refractivity contribution in [2.75, 3.05) is 6.61 Å². The van der Waals surface area contributed by atoms with Gasteiger partial charge in [-0.1, -0.05) is 35.3 Å². The summed E-state index contributed by atoms with van der Waals surface area (Å²) < 4.78 is 4.78. The Balaban J connectivity index is 2.41. The van der Waals surface area contributed by atoms with E-state index in [9.17, 15) is 4.79 Å². The van der Waals surface area contributed by atoms with Gasteiger partial charge < -0.3 is 4.74 Å². The Labute approximate surface area is 91.1 Å². The fraction of sp³-hybridized carbons (Fsp3) is 0.100. The lowest BCUT2D eigenvalue weighted by Gasteiger charge is -2.00. The molecule has 0 amide bonds. The summed E-state index contributed by atoms with van der Waals surface area (Å²) in [6.07, 6.45) is 0. The minimum atomic E-state index is -0.461. The van der Waals surface area contributed by atoms with Crippen molar-refractivity contribution >= 4 is 34.7 Å². The molecule has 1 aliphatic heterocycles. The van der Waals surface area contributed by atoms with Crippen LogP contribution in [0.15, 0.2) is 29.3 Å². The number of hydrogen-bond donors (Lipinski definition) is 0. The van der Waals surface area contributed by atoms with Crippen LogP contribution in [0.5, 0.6) is 0 Å². The van der Waals surface area contributed by atoms with Crippen molar-refractivity contribution in [3.8, 4) is 0 Å². The van der Waals surface area contributed by atoms with E-state index in [-0.39, 0.29) is 11.6 Å². The SMILES string of the molecule is O=C1OCC(c2ccc(Cl)cc2)=C1Cl. The second-order valence-electron chi connectivity index (χ2n) is 2.88. The molecular formula is C10H6Cl2O2. The van der Waals surface area contributed by atoms with Gasteiger partial charge in [-0.25, -0.2) is 4.79 Å². The standard InChI is InChI=1S/C10H6Cl2O2/c11-7-3-1-6(2-4-7)8-5-14-10(13)9(8)12/h1-4H,5H2. The van der Waals surface area contributed by atoms with Crippen LogP contribution >= 0.6 is 23.2 Å². The molecule has 2 nitrogen and oxygen atoms in total. The predicted octanol–water partition coefficient (Wildman–Crippen LogP) is 2.85. The smallest absolute Gasteiger partial charge is 0.350 e. The first-order valence-electron chi connectivity index (χ1n) is 4.00. The molecular weight excluding hydrogens is 223 g/mol. The lowest BCUT2D eigenvalue weighted by Crippen LogP contribution is -1.93. The second-order valence-corrected chi connectivity index (χ2v) is 3.69. The maximum atomic E-state index is 11.0. The number of hydrogen-bond acceptors (Lipinski definition) is 2. The molecule has 0 fully saturated rings. The van der Waals surface area contributed by atoms with Crippen LogP contribution in [0.1, 0.15) is 5.56 Å². The van der Waals surface area contributed by atoms with Gasteiger partial charge in [0, 0.05) is 10.6 Å². The van der Waals surface area contributed by atoms with E-state index in [1.807, 2.05) is 12.1 Å². The topological polar surface area (TPSA) is 26.3 Å². The summed E-state index contributed by atoms with van der Waals surface area (Å²) in [5, 5.41) is 0.808. The molecule has 0 spiro atoms. The molecule has 1 heterocycles. The fourth-order valence-electron chi connectivity index (χ4n) is 1.25. The summed E-state index contributed by atoms with van der Waals surface area (Å²) in [4.78, 5) is 11.0. The van der Waals surface area contributed by atoms with Crippen molar-refractivity contribution in [2.24, 2.45) is 0 Å². The van der Waals surface area contributed by atoms with E-state index < -0.39 is 5.97 Å². The van der Waals surface area contributed by atoms with Crippen LogP contribution in [0.4, 0.5) is 0 Å². The maximum Gasteiger partial charge on any atom is 0.350 e. The van der Waals surface area contributed by atoms with Gasteiger partial charge in [0.25, 0.3) is 0 Å². The van der Waals surface area contributed by atoms with Crippen LogP contribution in [0.25, 0.3) is 5.57 Å². The van der Waals surface area contributed by atoms with Gasteiger partial charge in [-0.05, 0) is 17.7 Å². The zero-order valence-electron chi connectivity index (χ0n) is 7.09. The summed E-state index contributed by atoms with van der Waals surface area (Å²) in [6.45, 7) is 0.235. The molecule has 0 unspecified atom stereocenters. The van der Waals surface area contributed by atoms with E-state index in [1.54, 1.807) is 12.1 Å². The summed E-state index contributed by atoms with van der Waals surface area (Å²) in [5.41, 5.74) is 1.58. The quantitative estimate of drug-likeness (QED) is 0.692. The van der Waals surface area contributed by atoms with Gasteiger partial charge in [0.1, 0.15) is 11.6 Å². The van der Waals surface area contributed by atoms with Crippen LogP contribution < -0.4 is 0 Å². The van der Waals surface area contributed by atoms with Crippen LogP contribution in [0.2, 0.25) is 5.02 Å². The van der Waals surface area contributed by atoms with Crippen LogP contribution in [0.3, 0.4) is 0 Å². The first kappa shape index (κ1) is 9.56. The molecule has 1 aromatic carbocycles. The average Bonchev–Trinajstić information content (AvgIpc) is 2.50. The number of benzene rings is 1. The number of cyclic esters (lactones) is 1. The summed E-state index contributed by atoms with van der Waals surface area (Å²) in [7, 11) is 0. The minimum Gasteiger partial charge on any atom is -0.456 e. The lowest BCUT2D eigenvalue weighted by atomic mass is 10.1. The minimum absolute atomic E-state index is 0.160. The Morgan fingerprint density at radius 2 is 1.79 bits per heavy atom. The molecule has 0 radical (unpaired) electrons.